The number of carbonyl (C=O) groups is 1. The van der Waals surface area contributed by atoms with E-state index in [1.807, 2.05) is 30.3 Å². The number of piperidine rings is 1. The van der Waals surface area contributed by atoms with E-state index >= 15 is 0 Å². The van der Waals surface area contributed by atoms with Crippen LogP contribution in [0, 0.1) is 11.6 Å². The van der Waals surface area contributed by atoms with Crippen LogP contribution in [0.3, 0.4) is 0 Å². The first-order valence-corrected chi connectivity index (χ1v) is 11.1. The zero-order chi connectivity index (χ0) is 23.3. The fraction of sp³-hybridized carbons (Fsp3) is 0.296. The average molecular weight is 452 g/mol. The fourth-order valence-corrected chi connectivity index (χ4v) is 4.50. The second-order valence-electron chi connectivity index (χ2n) is 8.45. The van der Waals surface area contributed by atoms with Crippen LogP contribution in [0.5, 0.6) is 0 Å². The molecule has 33 heavy (non-hydrogen) atoms. The van der Waals surface area contributed by atoms with Crippen LogP contribution in [0.1, 0.15) is 35.6 Å². The number of ether oxygens (including phenoxy) is 1. The molecule has 6 heteroatoms. The number of aliphatic carboxylic acids is 1. The van der Waals surface area contributed by atoms with Crippen molar-refractivity contribution in [2.45, 2.75) is 24.4 Å². The molecule has 1 aliphatic heterocycles. The number of benzene rings is 3. The highest BCUT2D eigenvalue weighted by Gasteiger charge is 2.42. The predicted octanol–water partition coefficient (Wildman–Crippen LogP) is 5.19. The van der Waals surface area contributed by atoms with Crippen molar-refractivity contribution in [1.82, 2.24) is 4.90 Å². The predicted molar refractivity (Wildman–Crippen MR) is 122 cm³/mol. The van der Waals surface area contributed by atoms with Crippen LogP contribution in [0.25, 0.3) is 0 Å². The standard InChI is InChI=1S/C27H27F2NO3/c28-23-10-6-20(7-11-23)25(21-8-12-24(29)13-9-21)33-19-18-30-16-14-27(15-17-30,26(31)32)22-4-2-1-3-5-22/h1-13,25H,14-19H2,(H,31,32). The minimum absolute atomic E-state index is 0.328. The Morgan fingerprint density at radius 3 is 1.88 bits per heavy atom. The second-order valence-corrected chi connectivity index (χ2v) is 8.45. The summed E-state index contributed by atoms with van der Waals surface area (Å²) in [6, 6.07) is 21.7. The lowest BCUT2D eigenvalue weighted by Gasteiger charge is -2.39. The van der Waals surface area contributed by atoms with Gasteiger partial charge < -0.3 is 14.7 Å². The van der Waals surface area contributed by atoms with Gasteiger partial charge in [-0.3, -0.25) is 4.79 Å². The molecule has 0 radical (unpaired) electrons. The molecule has 0 bridgehead atoms. The van der Waals surface area contributed by atoms with Gasteiger partial charge in [-0.25, -0.2) is 8.78 Å². The largest absolute Gasteiger partial charge is 0.481 e. The quantitative estimate of drug-likeness (QED) is 0.512. The van der Waals surface area contributed by atoms with Crippen molar-refractivity contribution >= 4 is 5.97 Å². The van der Waals surface area contributed by atoms with Crippen molar-refractivity contribution in [1.29, 1.82) is 0 Å². The van der Waals surface area contributed by atoms with Crippen LogP contribution in [-0.2, 0) is 14.9 Å². The molecule has 172 valence electrons. The van der Waals surface area contributed by atoms with Gasteiger partial charge in [-0.1, -0.05) is 54.6 Å². The Balaban J connectivity index is 1.39. The van der Waals surface area contributed by atoms with Crippen molar-refractivity contribution in [2.75, 3.05) is 26.2 Å². The van der Waals surface area contributed by atoms with Crippen molar-refractivity contribution in [3.8, 4) is 0 Å². The van der Waals surface area contributed by atoms with Crippen LogP contribution < -0.4 is 0 Å². The third kappa shape index (κ3) is 5.29. The van der Waals surface area contributed by atoms with E-state index in [-0.39, 0.29) is 11.6 Å². The molecule has 0 atom stereocenters. The van der Waals surface area contributed by atoms with Gasteiger partial charge in [0.2, 0.25) is 0 Å². The Morgan fingerprint density at radius 2 is 1.39 bits per heavy atom. The molecule has 3 aromatic carbocycles. The summed E-state index contributed by atoms with van der Waals surface area (Å²) in [5.74, 6) is -1.44. The molecular weight excluding hydrogens is 424 g/mol. The van der Waals surface area contributed by atoms with E-state index in [0.29, 0.717) is 39.1 Å². The fourth-order valence-electron chi connectivity index (χ4n) is 4.50. The monoisotopic (exact) mass is 451 g/mol. The Hall–Kier alpha value is -3.09. The second kappa shape index (κ2) is 10.2. The van der Waals surface area contributed by atoms with Gasteiger partial charge in [0.1, 0.15) is 17.7 Å². The molecule has 1 fully saturated rings. The van der Waals surface area contributed by atoms with Crippen LogP contribution in [0.2, 0.25) is 0 Å². The van der Waals surface area contributed by atoms with E-state index < -0.39 is 17.5 Å². The highest BCUT2D eigenvalue weighted by Crippen LogP contribution is 2.36. The number of hydrogen-bond donors (Lipinski definition) is 1. The summed E-state index contributed by atoms with van der Waals surface area (Å²) in [4.78, 5) is 14.4. The molecule has 0 aromatic heterocycles. The molecule has 1 saturated heterocycles. The molecule has 1 aliphatic rings. The third-order valence-electron chi connectivity index (χ3n) is 6.48. The molecule has 3 aromatic rings. The van der Waals surface area contributed by atoms with Crippen LogP contribution in [0.15, 0.2) is 78.9 Å². The summed E-state index contributed by atoms with van der Waals surface area (Å²) >= 11 is 0. The number of hydrogen-bond acceptors (Lipinski definition) is 3. The van der Waals surface area contributed by atoms with Crippen molar-refractivity contribution in [3.63, 3.8) is 0 Å². The Bertz CT molecular complexity index is 1000. The first kappa shape index (κ1) is 23.1. The number of likely N-dealkylation sites (tertiary alicyclic amines) is 1. The Kier molecular flexibility index (Phi) is 7.16. The lowest BCUT2D eigenvalue weighted by molar-refractivity contribution is -0.146. The lowest BCUT2D eigenvalue weighted by Crippen LogP contribution is -2.48. The summed E-state index contributed by atoms with van der Waals surface area (Å²) in [6.45, 7) is 2.36. The van der Waals surface area contributed by atoms with E-state index in [1.54, 1.807) is 24.3 Å². The first-order chi connectivity index (χ1) is 16.0. The van der Waals surface area contributed by atoms with Gasteiger partial charge in [0, 0.05) is 6.54 Å². The number of rotatable bonds is 8. The number of halogens is 2. The molecular formula is C27H27F2NO3. The lowest BCUT2D eigenvalue weighted by atomic mass is 9.73. The summed E-state index contributed by atoms with van der Waals surface area (Å²) in [7, 11) is 0. The van der Waals surface area contributed by atoms with E-state index in [1.165, 1.54) is 24.3 Å². The van der Waals surface area contributed by atoms with Crippen molar-refractivity contribution in [3.05, 3.63) is 107 Å². The molecule has 0 spiro atoms. The minimum Gasteiger partial charge on any atom is -0.481 e. The van der Waals surface area contributed by atoms with Gasteiger partial charge >= 0.3 is 5.97 Å². The summed E-state index contributed by atoms with van der Waals surface area (Å²) in [6.07, 6.45) is 0.621. The van der Waals surface area contributed by atoms with E-state index in [2.05, 4.69) is 4.90 Å². The molecule has 0 amide bonds. The topological polar surface area (TPSA) is 49.8 Å². The smallest absolute Gasteiger partial charge is 0.314 e. The average Bonchev–Trinajstić information content (AvgIpc) is 2.84. The van der Waals surface area contributed by atoms with Gasteiger partial charge in [-0.15, -0.1) is 0 Å². The molecule has 0 aliphatic carbocycles. The van der Waals surface area contributed by atoms with E-state index in [9.17, 15) is 18.7 Å². The maximum Gasteiger partial charge on any atom is 0.314 e. The maximum absolute atomic E-state index is 13.4. The van der Waals surface area contributed by atoms with Gasteiger partial charge in [0.25, 0.3) is 0 Å². The van der Waals surface area contributed by atoms with Gasteiger partial charge in [0.05, 0.1) is 12.0 Å². The third-order valence-corrected chi connectivity index (χ3v) is 6.48. The van der Waals surface area contributed by atoms with Gasteiger partial charge in [0.15, 0.2) is 0 Å². The number of nitrogens with zero attached hydrogens (tertiary/aromatic N) is 1. The molecule has 0 saturated carbocycles. The molecule has 4 rings (SSSR count). The summed E-state index contributed by atoms with van der Waals surface area (Å²) in [5.41, 5.74) is 1.57. The highest BCUT2D eigenvalue weighted by molar-refractivity contribution is 5.81. The molecule has 4 nitrogen and oxygen atoms in total. The molecule has 0 unspecified atom stereocenters. The normalized spacial score (nSPS) is 16.1. The van der Waals surface area contributed by atoms with Crippen molar-refractivity contribution < 1.29 is 23.4 Å². The van der Waals surface area contributed by atoms with Gasteiger partial charge in [-0.2, -0.15) is 0 Å². The zero-order valence-corrected chi connectivity index (χ0v) is 18.3. The Morgan fingerprint density at radius 1 is 0.879 bits per heavy atom. The maximum atomic E-state index is 13.4. The van der Waals surface area contributed by atoms with Crippen LogP contribution in [-0.4, -0.2) is 42.2 Å². The van der Waals surface area contributed by atoms with E-state index in [0.717, 1.165) is 16.7 Å². The van der Waals surface area contributed by atoms with Crippen LogP contribution in [0.4, 0.5) is 8.78 Å². The first-order valence-electron chi connectivity index (χ1n) is 11.1. The minimum atomic E-state index is -0.858. The number of carboxylic acid groups (broad SMARTS) is 1. The van der Waals surface area contributed by atoms with Crippen LogP contribution >= 0.6 is 0 Å². The summed E-state index contributed by atoms with van der Waals surface area (Å²) in [5, 5.41) is 9.97. The number of carboxylic acids is 1. The van der Waals surface area contributed by atoms with Gasteiger partial charge in [-0.05, 0) is 66.9 Å². The zero-order valence-electron chi connectivity index (χ0n) is 18.3. The van der Waals surface area contributed by atoms with Crippen molar-refractivity contribution in [2.24, 2.45) is 0 Å². The van der Waals surface area contributed by atoms with E-state index in [4.69, 9.17) is 4.74 Å². The Labute approximate surface area is 192 Å². The summed E-state index contributed by atoms with van der Waals surface area (Å²) < 4.78 is 33.0. The molecule has 1 N–H and O–H groups in total. The SMILES string of the molecule is O=C(O)C1(c2ccccc2)CCN(CCOC(c2ccc(F)cc2)c2ccc(F)cc2)CC1. The molecule has 1 heterocycles. The highest BCUT2D eigenvalue weighted by atomic mass is 19.1.